The average Bonchev–Trinajstić information content (AvgIpc) is 2.84. The molecule has 2 rings (SSSR count). The van der Waals surface area contributed by atoms with Crippen molar-refractivity contribution in [2.45, 2.75) is 39.7 Å². The van der Waals surface area contributed by atoms with Crippen LogP contribution in [0.15, 0.2) is 29.5 Å². The molecule has 0 saturated carbocycles. The van der Waals surface area contributed by atoms with E-state index in [0.717, 1.165) is 12.0 Å². The highest BCUT2D eigenvalue weighted by Gasteiger charge is 2.32. The maximum absolute atomic E-state index is 11.9. The van der Waals surface area contributed by atoms with Gasteiger partial charge >= 0.3 is 5.97 Å². The summed E-state index contributed by atoms with van der Waals surface area (Å²) in [6.07, 6.45) is 0.749. The van der Waals surface area contributed by atoms with Crippen LogP contribution in [0.5, 0.6) is 11.5 Å². The van der Waals surface area contributed by atoms with Gasteiger partial charge in [0.05, 0.1) is 5.57 Å². The van der Waals surface area contributed by atoms with Crippen LogP contribution in [0.1, 0.15) is 33.3 Å². The minimum atomic E-state index is -0.711. The van der Waals surface area contributed by atoms with Crippen molar-refractivity contribution in [3.63, 3.8) is 0 Å². The number of hydrogen-bond acceptors (Lipinski definition) is 7. The summed E-state index contributed by atoms with van der Waals surface area (Å²) in [4.78, 5) is 23.3. The van der Waals surface area contributed by atoms with Crippen LogP contribution in [-0.4, -0.2) is 41.4 Å². The molecule has 1 aromatic rings. The summed E-state index contributed by atoms with van der Waals surface area (Å²) in [7, 11) is 0. The molecule has 7 heteroatoms. The average molecular weight is 361 g/mol. The zero-order valence-corrected chi connectivity index (χ0v) is 15.3. The lowest BCUT2D eigenvalue weighted by Crippen LogP contribution is -2.25. The van der Waals surface area contributed by atoms with E-state index in [2.05, 4.69) is 0 Å². The molecule has 0 saturated heterocycles. The first-order valence-corrected chi connectivity index (χ1v) is 8.18. The van der Waals surface area contributed by atoms with E-state index in [0.29, 0.717) is 11.5 Å². The van der Waals surface area contributed by atoms with Gasteiger partial charge in [-0.05, 0) is 33.8 Å². The number of para-hydroxylation sites is 1. The number of nitrogens with one attached hydrogen (secondary N) is 1. The summed E-state index contributed by atoms with van der Waals surface area (Å²) in [5.41, 5.74) is 0.429. The van der Waals surface area contributed by atoms with Gasteiger partial charge < -0.3 is 24.7 Å². The number of aliphatic hydroxyl groups is 1. The monoisotopic (exact) mass is 361 g/mol. The second kappa shape index (κ2) is 7.59. The summed E-state index contributed by atoms with van der Waals surface area (Å²) in [5, 5.41) is 17.3. The highest BCUT2D eigenvalue weighted by atomic mass is 16.6. The van der Waals surface area contributed by atoms with Gasteiger partial charge in [0.2, 0.25) is 0 Å². The van der Waals surface area contributed by atoms with E-state index in [1.165, 1.54) is 13.8 Å². The van der Waals surface area contributed by atoms with Gasteiger partial charge in [0, 0.05) is 17.7 Å². The largest absolute Gasteiger partial charge is 0.508 e. The van der Waals surface area contributed by atoms with E-state index >= 15 is 0 Å². The van der Waals surface area contributed by atoms with Gasteiger partial charge in [-0.15, -0.1) is 0 Å². The molecule has 0 amide bonds. The zero-order chi connectivity index (χ0) is 19.5. The number of allylic oxidation sites excluding steroid dienone is 1. The Morgan fingerprint density at radius 2 is 1.96 bits per heavy atom. The SMILES string of the molecule is CC(=N)/C(C(C)=O)=C(/O)COC(=O)COc1cccc2c1OC(C)(C)C2. The minimum absolute atomic E-state index is 0.0955. The number of benzene rings is 1. The number of aliphatic hydroxyl groups excluding tert-OH is 1. The van der Waals surface area contributed by atoms with E-state index in [-0.39, 0.29) is 23.5 Å². The van der Waals surface area contributed by atoms with Gasteiger partial charge in [0.15, 0.2) is 23.9 Å². The molecule has 26 heavy (non-hydrogen) atoms. The molecule has 0 unspecified atom stereocenters. The maximum atomic E-state index is 11.9. The first kappa shape index (κ1) is 19.5. The van der Waals surface area contributed by atoms with Crippen molar-refractivity contribution in [1.82, 2.24) is 0 Å². The molecule has 0 radical (unpaired) electrons. The van der Waals surface area contributed by atoms with E-state index in [1.54, 1.807) is 6.07 Å². The summed E-state index contributed by atoms with van der Waals surface area (Å²) in [5.74, 6) is -0.571. The highest BCUT2D eigenvalue weighted by molar-refractivity contribution is 6.19. The fourth-order valence-corrected chi connectivity index (χ4v) is 2.78. The van der Waals surface area contributed by atoms with Crippen LogP contribution in [0.4, 0.5) is 0 Å². The van der Waals surface area contributed by atoms with Crippen molar-refractivity contribution in [2.24, 2.45) is 0 Å². The Bertz CT molecular complexity index is 762. The van der Waals surface area contributed by atoms with Crippen LogP contribution in [-0.2, 0) is 20.7 Å². The number of carbonyl (C=O) groups is 2. The van der Waals surface area contributed by atoms with Crippen LogP contribution in [0, 0.1) is 5.41 Å². The summed E-state index contributed by atoms with van der Waals surface area (Å²) < 4.78 is 16.2. The first-order valence-electron chi connectivity index (χ1n) is 8.18. The molecule has 2 N–H and O–H groups in total. The van der Waals surface area contributed by atoms with Gasteiger partial charge in [-0.2, -0.15) is 0 Å². The topological polar surface area (TPSA) is 106 Å². The lowest BCUT2D eigenvalue weighted by Gasteiger charge is -2.18. The Labute approximate surface area is 152 Å². The lowest BCUT2D eigenvalue weighted by atomic mass is 10.0. The van der Waals surface area contributed by atoms with Crippen molar-refractivity contribution in [1.29, 1.82) is 5.41 Å². The number of carbonyl (C=O) groups excluding carboxylic acids is 2. The standard InChI is InChI=1S/C19H23NO6/c1-11(20)17(12(2)21)14(22)9-25-16(23)10-24-15-7-5-6-13-8-19(3,4)26-18(13)15/h5-7,20,22H,8-10H2,1-4H3/b17-14-,20-11?. The Hall–Kier alpha value is -2.83. The second-order valence-corrected chi connectivity index (χ2v) is 6.74. The third kappa shape index (κ3) is 4.62. The third-order valence-electron chi connectivity index (χ3n) is 3.79. The Morgan fingerprint density at radius 1 is 1.27 bits per heavy atom. The fourth-order valence-electron chi connectivity index (χ4n) is 2.78. The molecule has 1 heterocycles. The van der Waals surface area contributed by atoms with Gasteiger partial charge in [0.25, 0.3) is 0 Å². The third-order valence-corrected chi connectivity index (χ3v) is 3.79. The van der Waals surface area contributed by atoms with Gasteiger partial charge in [0.1, 0.15) is 18.0 Å². The van der Waals surface area contributed by atoms with Crippen molar-refractivity contribution in [2.75, 3.05) is 13.2 Å². The van der Waals surface area contributed by atoms with Crippen molar-refractivity contribution in [3.8, 4) is 11.5 Å². The maximum Gasteiger partial charge on any atom is 0.344 e. The lowest BCUT2D eigenvalue weighted by molar-refractivity contribution is -0.145. The van der Waals surface area contributed by atoms with E-state index in [1.807, 2.05) is 26.0 Å². The van der Waals surface area contributed by atoms with Crippen LogP contribution >= 0.6 is 0 Å². The normalized spacial score (nSPS) is 15.4. The number of Topliss-reactive ketones (excluding diaryl/α,β-unsaturated/α-hetero) is 1. The fraction of sp³-hybridized carbons (Fsp3) is 0.421. The number of ketones is 1. The molecule has 1 aromatic carbocycles. The predicted octanol–water partition coefficient (Wildman–Crippen LogP) is 2.76. The second-order valence-electron chi connectivity index (χ2n) is 6.74. The summed E-state index contributed by atoms with van der Waals surface area (Å²) in [6, 6.07) is 5.48. The summed E-state index contributed by atoms with van der Waals surface area (Å²) in [6.45, 7) is 5.67. The van der Waals surface area contributed by atoms with Crippen LogP contribution in [0.3, 0.4) is 0 Å². The zero-order valence-electron chi connectivity index (χ0n) is 15.3. The Kier molecular flexibility index (Phi) is 5.69. The number of hydrogen-bond donors (Lipinski definition) is 2. The molecule has 0 aromatic heterocycles. The molecule has 0 spiro atoms. The molecular formula is C19H23NO6. The van der Waals surface area contributed by atoms with Crippen molar-refractivity contribution in [3.05, 3.63) is 35.1 Å². The molecule has 0 aliphatic carbocycles. The summed E-state index contributed by atoms with van der Waals surface area (Å²) >= 11 is 0. The molecule has 1 aliphatic heterocycles. The number of fused-ring (bicyclic) bond motifs is 1. The van der Waals surface area contributed by atoms with Crippen molar-refractivity contribution >= 4 is 17.5 Å². The molecule has 7 nitrogen and oxygen atoms in total. The predicted molar refractivity (Wildman–Crippen MR) is 95.0 cm³/mol. The molecule has 0 fully saturated rings. The van der Waals surface area contributed by atoms with Crippen LogP contribution in [0.2, 0.25) is 0 Å². The number of esters is 1. The molecule has 0 atom stereocenters. The quantitative estimate of drug-likeness (QED) is 0.335. The van der Waals surface area contributed by atoms with E-state index < -0.39 is 24.1 Å². The molecule has 0 bridgehead atoms. The molecule has 1 aliphatic rings. The van der Waals surface area contributed by atoms with Crippen LogP contribution < -0.4 is 9.47 Å². The minimum Gasteiger partial charge on any atom is -0.508 e. The Morgan fingerprint density at radius 3 is 2.58 bits per heavy atom. The first-order chi connectivity index (χ1) is 12.1. The Balaban J connectivity index is 1.95. The van der Waals surface area contributed by atoms with Gasteiger partial charge in [-0.1, -0.05) is 12.1 Å². The number of rotatable bonds is 7. The van der Waals surface area contributed by atoms with Crippen molar-refractivity contribution < 1.29 is 28.9 Å². The van der Waals surface area contributed by atoms with E-state index in [9.17, 15) is 14.7 Å². The van der Waals surface area contributed by atoms with Gasteiger partial charge in [-0.3, -0.25) is 4.79 Å². The molecular weight excluding hydrogens is 338 g/mol. The van der Waals surface area contributed by atoms with Gasteiger partial charge in [-0.25, -0.2) is 4.79 Å². The van der Waals surface area contributed by atoms with E-state index in [4.69, 9.17) is 19.6 Å². The molecule has 140 valence electrons. The van der Waals surface area contributed by atoms with Crippen LogP contribution in [0.25, 0.3) is 0 Å². The number of ether oxygens (including phenoxy) is 3. The smallest absolute Gasteiger partial charge is 0.344 e. The highest BCUT2D eigenvalue weighted by Crippen LogP contribution is 2.41.